The molecule has 0 radical (unpaired) electrons. The minimum absolute atomic E-state index is 0.0435. The van der Waals surface area contributed by atoms with Gasteiger partial charge >= 0.3 is 12.2 Å². The number of carbonyl (C=O) groups excluding carboxylic acids is 1. The first kappa shape index (κ1) is 16.6. The fourth-order valence-corrected chi connectivity index (χ4v) is 2.66. The van der Waals surface area contributed by atoms with Gasteiger partial charge in [0.1, 0.15) is 0 Å². The van der Waals surface area contributed by atoms with Crippen LogP contribution >= 0.6 is 0 Å². The summed E-state index contributed by atoms with van der Waals surface area (Å²) in [4.78, 5) is 13.8. The molecule has 7 heteroatoms. The van der Waals surface area contributed by atoms with Crippen LogP contribution in [0.25, 0.3) is 0 Å². The summed E-state index contributed by atoms with van der Waals surface area (Å²) >= 11 is 0. The Bertz CT molecular complexity index is 531. The van der Waals surface area contributed by atoms with E-state index in [1.54, 1.807) is 0 Å². The average Bonchev–Trinajstić information content (AvgIpc) is 2.46. The minimum atomic E-state index is -4.50. The van der Waals surface area contributed by atoms with Gasteiger partial charge in [-0.3, -0.25) is 0 Å². The molecule has 1 aromatic carbocycles. The minimum Gasteiger partial charge on any atom is -0.328 e. The molecule has 0 bridgehead atoms. The smallest absolute Gasteiger partial charge is 0.328 e. The van der Waals surface area contributed by atoms with E-state index in [2.05, 4.69) is 5.32 Å². The Labute approximate surface area is 127 Å². The lowest BCUT2D eigenvalue weighted by Gasteiger charge is -2.34. The molecule has 22 heavy (non-hydrogen) atoms. The zero-order chi connectivity index (χ0) is 16.3. The van der Waals surface area contributed by atoms with E-state index in [-0.39, 0.29) is 17.6 Å². The molecule has 2 atom stereocenters. The summed E-state index contributed by atoms with van der Waals surface area (Å²) in [6.07, 6.45) is -2.76. The molecule has 2 amide bonds. The molecule has 1 saturated heterocycles. The summed E-state index contributed by atoms with van der Waals surface area (Å²) in [5, 5.41) is 2.37. The maximum Gasteiger partial charge on any atom is 0.418 e. The monoisotopic (exact) mass is 315 g/mol. The second-order valence-corrected chi connectivity index (χ2v) is 5.68. The van der Waals surface area contributed by atoms with Crippen molar-refractivity contribution in [3.63, 3.8) is 0 Å². The highest BCUT2D eigenvalue weighted by molar-refractivity contribution is 5.90. The number of likely N-dealkylation sites (tertiary alicyclic amines) is 1. The van der Waals surface area contributed by atoms with Gasteiger partial charge in [-0.1, -0.05) is 12.1 Å². The Morgan fingerprint density at radius 1 is 1.41 bits per heavy atom. The van der Waals surface area contributed by atoms with E-state index in [0.717, 1.165) is 18.9 Å². The van der Waals surface area contributed by atoms with Crippen LogP contribution in [0.3, 0.4) is 0 Å². The number of nitrogens with one attached hydrogen (secondary N) is 1. The Balaban J connectivity index is 2.09. The van der Waals surface area contributed by atoms with Crippen LogP contribution in [0.1, 0.15) is 25.3 Å². The first-order chi connectivity index (χ1) is 10.3. The third kappa shape index (κ3) is 3.91. The molecular formula is C15H20F3N3O. The van der Waals surface area contributed by atoms with Crippen LogP contribution in [-0.2, 0) is 6.18 Å². The number of carbonyl (C=O) groups is 1. The molecular weight excluding hydrogens is 295 g/mol. The van der Waals surface area contributed by atoms with Crippen LogP contribution < -0.4 is 11.1 Å². The number of para-hydroxylation sites is 1. The lowest BCUT2D eigenvalue weighted by molar-refractivity contribution is -0.136. The molecule has 0 saturated carbocycles. The van der Waals surface area contributed by atoms with Crippen LogP contribution in [0.4, 0.5) is 23.7 Å². The van der Waals surface area contributed by atoms with Crippen molar-refractivity contribution in [2.75, 3.05) is 18.4 Å². The van der Waals surface area contributed by atoms with Crippen LogP contribution in [0.2, 0.25) is 0 Å². The number of alkyl halides is 3. The summed E-state index contributed by atoms with van der Waals surface area (Å²) in [6.45, 7) is 2.88. The van der Waals surface area contributed by atoms with E-state index < -0.39 is 17.8 Å². The summed E-state index contributed by atoms with van der Waals surface area (Å²) in [6, 6.07) is 4.42. The molecule has 4 nitrogen and oxygen atoms in total. The Hall–Kier alpha value is -1.76. The predicted octanol–water partition coefficient (Wildman–Crippen LogP) is 3.30. The van der Waals surface area contributed by atoms with E-state index in [1.807, 2.05) is 6.92 Å². The third-order valence-electron chi connectivity index (χ3n) is 3.96. The van der Waals surface area contributed by atoms with Crippen molar-refractivity contribution < 1.29 is 18.0 Å². The fraction of sp³-hybridized carbons (Fsp3) is 0.533. The van der Waals surface area contributed by atoms with Crippen molar-refractivity contribution in [1.82, 2.24) is 4.90 Å². The topological polar surface area (TPSA) is 58.4 Å². The molecule has 1 heterocycles. The number of nitrogens with two attached hydrogens (primary N) is 1. The highest BCUT2D eigenvalue weighted by Gasteiger charge is 2.34. The zero-order valence-electron chi connectivity index (χ0n) is 12.4. The Kier molecular flexibility index (Phi) is 4.95. The van der Waals surface area contributed by atoms with E-state index in [4.69, 9.17) is 5.73 Å². The molecule has 0 aromatic heterocycles. The van der Waals surface area contributed by atoms with Crippen LogP contribution in [0.15, 0.2) is 24.3 Å². The number of hydrogen-bond donors (Lipinski definition) is 2. The summed E-state index contributed by atoms with van der Waals surface area (Å²) in [5.74, 6) is 0.178. The number of benzene rings is 1. The number of halogens is 3. The molecule has 1 fully saturated rings. The molecule has 3 N–H and O–H groups in total. The SMILES string of the molecule is CC(N)C1CCCN(C(=O)Nc2ccccc2C(F)(F)F)C1. The molecule has 2 rings (SSSR count). The predicted molar refractivity (Wildman–Crippen MR) is 78.4 cm³/mol. The van der Waals surface area contributed by atoms with E-state index in [9.17, 15) is 18.0 Å². The van der Waals surface area contributed by atoms with E-state index >= 15 is 0 Å². The quantitative estimate of drug-likeness (QED) is 0.880. The van der Waals surface area contributed by atoms with E-state index in [0.29, 0.717) is 13.1 Å². The van der Waals surface area contributed by atoms with Gasteiger partial charge in [0.15, 0.2) is 0 Å². The van der Waals surface area contributed by atoms with Crippen molar-refractivity contribution in [2.45, 2.75) is 32.0 Å². The second kappa shape index (κ2) is 6.56. The highest BCUT2D eigenvalue weighted by Crippen LogP contribution is 2.34. The van der Waals surface area contributed by atoms with Crippen molar-refractivity contribution in [3.05, 3.63) is 29.8 Å². The largest absolute Gasteiger partial charge is 0.418 e. The van der Waals surface area contributed by atoms with Crippen molar-refractivity contribution in [1.29, 1.82) is 0 Å². The Morgan fingerprint density at radius 2 is 2.09 bits per heavy atom. The number of hydrogen-bond acceptors (Lipinski definition) is 2. The van der Waals surface area contributed by atoms with Gasteiger partial charge in [0, 0.05) is 19.1 Å². The lowest BCUT2D eigenvalue weighted by atomic mass is 9.92. The molecule has 0 aliphatic carbocycles. The molecule has 122 valence electrons. The van der Waals surface area contributed by atoms with Gasteiger partial charge in [-0.2, -0.15) is 13.2 Å². The number of urea groups is 1. The van der Waals surface area contributed by atoms with Crippen molar-refractivity contribution >= 4 is 11.7 Å². The van der Waals surface area contributed by atoms with Gasteiger partial charge in [0.2, 0.25) is 0 Å². The zero-order valence-corrected chi connectivity index (χ0v) is 12.4. The van der Waals surface area contributed by atoms with Gasteiger partial charge in [0.05, 0.1) is 11.3 Å². The summed E-state index contributed by atoms with van der Waals surface area (Å²) in [7, 11) is 0. The van der Waals surface area contributed by atoms with Crippen molar-refractivity contribution in [2.24, 2.45) is 11.7 Å². The maximum atomic E-state index is 12.9. The first-order valence-electron chi connectivity index (χ1n) is 7.26. The van der Waals surface area contributed by atoms with Gasteiger partial charge < -0.3 is 16.0 Å². The van der Waals surface area contributed by atoms with Gasteiger partial charge in [-0.15, -0.1) is 0 Å². The van der Waals surface area contributed by atoms with Crippen LogP contribution in [-0.4, -0.2) is 30.1 Å². The number of nitrogens with zero attached hydrogens (tertiary/aromatic N) is 1. The number of amides is 2. The maximum absolute atomic E-state index is 12.9. The van der Waals surface area contributed by atoms with Crippen LogP contribution in [0.5, 0.6) is 0 Å². The van der Waals surface area contributed by atoms with Gasteiger partial charge in [-0.05, 0) is 37.8 Å². The highest BCUT2D eigenvalue weighted by atomic mass is 19.4. The summed E-state index contributed by atoms with van der Waals surface area (Å²) in [5.41, 5.74) is 4.79. The fourth-order valence-electron chi connectivity index (χ4n) is 2.66. The summed E-state index contributed by atoms with van der Waals surface area (Å²) < 4.78 is 38.8. The van der Waals surface area contributed by atoms with Crippen LogP contribution in [0, 0.1) is 5.92 Å². The lowest BCUT2D eigenvalue weighted by Crippen LogP contribution is -2.46. The average molecular weight is 315 g/mol. The standard InChI is InChI=1S/C15H20F3N3O/c1-10(19)11-5-4-8-21(9-11)14(22)20-13-7-3-2-6-12(13)15(16,17)18/h2-3,6-7,10-11H,4-5,8-9,19H2,1H3,(H,20,22). The second-order valence-electron chi connectivity index (χ2n) is 5.68. The molecule has 0 spiro atoms. The molecule has 2 unspecified atom stereocenters. The Morgan fingerprint density at radius 3 is 2.73 bits per heavy atom. The molecule has 1 aromatic rings. The number of rotatable bonds is 2. The van der Waals surface area contributed by atoms with Gasteiger partial charge in [-0.25, -0.2) is 4.79 Å². The number of piperidine rings is 1. The number of anilines is 1. The van der Waals surface area contributed by atoms with E-state index in [1.165, 1.54) is 23.1 Å². The first-order valence-corrected chi connectivity index (χ1v) is 7.26. The van der Waals surface area contributed by atoms with Crippen molar-refractivity contribution in [3.8, 4) is 0 Å². The molecule has 1 aliphatic heterocycles. The van der Waals surface area contributed by atoms with Gasteiger partial charge in [0.25, 0.3) is 0 Å². The third-order valence-corrected chi connectivity index (χ3v) is 3.96. The molecule has 1 aliphatic rings. The normalized spacial score (nSPS) is 20.6.